The fraction of sp³-hybridized carbons (Fsp3) is 0.0625. The minimum absolute atomic E-state index is 0.222. The number of pyridine rings is 1. The van der Waals surface area contributed by atoms with Crippen LogP contribution in [0.5, 0.6) is 0 Å². The number of thiophene rings is 1. The molecule has 1 N–H and O–H groups in total. The molecule has 4 nitrogen and oxygen atoms in total. The molecule has 1 aromatic carbocycles. The molecule has 3 aromatic rings. The van der Waals surface area contributed by atoms with Gasteiger partial charge in [-0.3, -0.25) is 4.98 Å². The van der Waals surface area contributed by atoms with Crippen LogP contribution in [-0.4, -0.2) is 13.4 Å². The number of hydrogen-bond acceptors (Lipinski definition) is 4. The Kier molecular flexibility index (Phi) is 4.91. The number of hydrogen-bond donors (Lipinski definition) is 1. The van der Waals surface area contributed by atoms with Crippen LogP contribution >= 0.6 is 27.3 Å². The van der Waals surface area contributed by atoms with E-state index in [2.05, 4.69) is 25.6 Å². The van der Waals surface area contributed by atoms with Crippen molar-refractivity contribution in [3.8, 4) is 10.6 Å². The van der Waals surface area contributed by atoms with Gasteiger partial charge in [-0.2, -0.15) is 0 Å². The molecule has 0 spiro atoms. The molecule has 3 rings (SSSR count). The second kappa shape index (κ2) is 6.92. The van der Waals surface area contributed by atoms with Gasteiger partial charge in [-0.25, -0.2) is 13.1 Å². The van der Waals surface area contributed by atoms with Gasteiger partial charge in [-0.05, 0) is 53.4 Å². The molecule has 0 radical (unpaired) electrons. The maximum Gasteiger partial charge on any atom is 0.240 e. The lowest BCUT2D eigenvalue weighted by atomic mass is 10.2. The van der Waals surface area contributed by atoms with Crippen LogP contribution < -0.4 is 4.72 Å². The van der Waals surface area contributed by atoms with Crippen LogP contribution in [0.25, 0.3) is 10.6 Å². The Morgan fingerprint density at radius 2 is 1.91 bits per heavy atom. The van der Waals surface area contributed by atoms with Gasteiger partial charge in [0.05, 0.1) is 15.5 Å². The first-order valence-corrected chi connectivity index (χ1v) is 9.94. The lowest BCUT2D eigenvalue weighted by molar-refractivity contribution is 0.581. The molecule has 118 valence electrons. The van der Waals surface area contributed by atoms with Crippen LogP contribution in [0, 0.1) is 0 Å². The summed E-state index contributed by atoms with van der Waals surface area (Å²) in [6.45, 7) is 0.222. The fourth-order valence-corrected chi connectivity index (χ4v) is 3.99. The molecule has 2 heterocycles. The molecule has 0 saturated carbocycles. The molecule has 0 fully saturated rings. The normalized spacial score (nSPS) is 11.5. The van der Waals surface area contributed by atoms with Crippen molar-refractivity contribution < 1.29 is 8.42 Å². The van der Waals surface area contributed by atoms with Crippen LogP contribution in [-0.2, 0) is 16.6 Å². The zero-order valence-electron chi connectivity index (χ0n) is 11.9. The molecule has 23 heavy (non-hydrogen) atoms. The van der Waals surface area contributed by atoms with Crippen molar-refractivity contribution >= 4 is 37.3 Å². The standard InChI is InChI=1S/C16H13BrN2O2S2/c17-13-3-5-14(6-4-13)23(20,21)19-11-12-7-8-18-15(10-12)16-2-1-9-22-16/h1-10,19H,11H2. The molecule has 0 amide bonds. The van der Waals surface area contributed by atoms with Crippen LogP contribution in [0.3, 0.4) is 0 Å². The highest BCUT2D eigenvalue weighted by Gasteiger charge is 2.13. The summed E-state index contributed by atoms with van der Waals surface area (Å²) < 4.78 is 28.0. The first-order valence-electron chi connectivity index (χ1n) is 6.79. The fourth-order valence-electron chi connectivity index (χ4n) is 2.02. The van der Waals surface area contributed by atoms with E-state index in [1.165, 1.54) is 0 Å². The third-order valence-electron chi connectivity index (χ3n) is 3.19. The van der Waals surface area contributed by atoms with E-state index in [0.717, 1.165) is 20.6 Å². The highest BCUT2D eigenvalue weighted by atomic mass is 79.9. The number of nitrogens with zero attached hydrogens (tertiary/aromatic N) is 1. The van der Waals surface area contributed by atoms with E-state index in [0.29, 0.717) is 0 Å². The smallest absolute Gasteiger partial charge is 0.240 e. The van der Waals surface area contributed by atoms with Gasteiger partial charge in [-0.1, -0.05) is 22.0 Å². The average Bonchev–Trinajstić information content (AvgIpc) is 3.08. The Hall–Kier alpha value is -1.54. The van der Waals surface area contributed by atoms with Gasteiger partial charge in [0, 0.05) is 17.2 Å². The molecule has 7 heteroatoms. The minimum atomic E-state index is -3.53. The number of benzene rings is 1. The molecule has 2 aromatic heterocycles. The van der Waals surface area contributed by atoms with Gasteiger partial charge >= 0.3 is 0 Å². The van der Waals surface area contributed by atoms with E-state index in [4.69, 9.17) is 0 Å². The van der Waals surface area contributed by atoms with E-state index in [1.807, 2.05) is 23.6 Å². The molecule has 0 aliphatic carbocycles. The largest absolute Gasteiger partial charge is 0.255 e. The summed E-state index contributed by atoms with van der Waals surface area (Å²) in [5, 5.41) is 1.99. The van der Waals surface area contributed by atoms with Crippen molar-refractivity contribution in [1.29, 1.82) is 0 Å². The van der Waals surface area contributed by atoms with Crippen molar-refractivity contribution in [3.63, 3.8) is 0 Å². The minimum Gasteiger partial charge on any atom is -0.255 e. The molecular formula is C16H13BrN2O2S2. The van der Waals surface area contributed by atoms with Crippen LogP contribution in [0.1, 0.15) is 5.56 Å². The Balaban J connectivity index is 1.75. The maximum atomic E-state index is 12.3. The van der Waals surface area contributed by atoms with Gasteiger partial charge in [0.15, 0.2) is 0 Å². The van der Waals surface area contributed by atoms with Crippen molar-refractivity contribution in [2.45, 2.75) is 11.4 Å². The summed E-state index contributed by atoms with van der Waals surface area (Å²) in [7, 11) is -3.53. The van der Waals surface area contributed by atoms with Crippen molar-refractivity contribution in [1.82, 2.24) is 9.71 Å². The van der Waals surface area contributed by atoms with Crippen LogP contribution in [0.15, 0.2) is 69.5 Å². The number of aromatic nitrogens is 1. The predicted molar refractivity (Wildman–Crippen MR) is 95.7 cm³/mol. The number of sulfonamides is 1. The van der Waals surface area contributed by atoms with Gasteiger partial charge < -0.3 is 0 Å². The topological polar surface area (TPSA) is 59.1 Å². The molecule has 0 atom stereocenters. The predicted octanol–water partition coefficient (Wildman–Crippen LogP) is 4.05. The monoisotopic (exact) mass is 408 g/mol. The van der Waals surface area contributed by atoms with Crippen LogP contribution in [0.2, 0.25) is 0 Å². The van der Waals surface area contributed by atoms with E-state index >= 15 is 0 Å². The van der Waals surface area contributed by atoms with E-state index in [-0.39, 0.29) is 11.4 Å². The maximum absolute atomic E-state index is 12.3. The van der Waals surface area contributed by atoms with Crippen molar-refractivity contribution in [2.24, 2.45) is 0 Å². The third kappa shape index (κ3) is 4.06. The Morgan fingerprint density at radius 1 is 1.13 bits per heavy atom. The zero-order chi connectivity index (χ0) is 16.3. The summed E-state index contributed by atoms with van der Waals surface area (Å²) in [5.74, 6) is 0. The lowest BCUT2D eigenvalue weighted by Gasteiger charge is -2.08. The van der Waals surface area contributed by atoms with E-state index in [9.17, 15) is 8.42 Å². The van der Waals surface area contributed by atoms with Crippen LogP contribution in [0.4, 0.5) is 0 Å². The van der Waals surface area contributed by atoms with E-state index < -0.39 is 10.0 Å². The Labute approximate surface area is 147 Å². The molecular weight excluding hydrogens is 396 g/mol. The molecule has 0 aliphatic rings. The van der Waals surface area contributed by atoms with Gasteiger partial charge in [0.25, 0.3) is 0 Å². The Morgan fingerprint density at radius 3 is 2.61 bits per heavy atom. The zero-order valence-corrected chi connectivity index (χ0v) is 15.2. The summed E-state index contributed by atoms with van der Waals surface area (Å²) in [4.78, 5) is 5.62. The third-order valence-corrected chi connectivity index (χ3v) is 6.03. The Bertz CT molecular complexity index is 892. The lowest BCUT2D eigenvalue weighted by Crippen LogP contribution is -2.23. The van der Waals surface area contributed by atoms with Crippen molar-refractivity contribution in [3.05, 3.63) is 70.1 Å². The summed E-state index contributed by atoms with van der Waals surface area (Å²) in [6, 6.07) is 14.2. The number of nitrogens with one attached hydrogen (secondary N) is 1. The number of rotatable bonds is 5. The highest BCUT2D eigenvalue weighted by molar-refractivity contribution is 9.10. The summed E-state index contributed by atoms with van der Waals surface area (Å²) >= 11 is 4.89. The molecule has 0 bridgehead atoms. The second-order valence-corrected chi connectivity index (χ2v) is 8.44. The summed E-state index contributed by atoms with van der Waals surface area (Å²) in [5.41, 5.74) is 1.71. The molecule has 0 unspecified atom stereocenters. The first-order chi connectivity index (χ1) is 11.0. The molecule has 0 aliphatic heterocycles. The summed E-state index contributed by atoms with van der Waals surface area (Å²) in [6.07, 6.45) is 1.69. The quantitative estimate of drug-likeness (QED) is 0.692. The average molecular weight is 409 g/mol. The first kappa shape index (κ1) is 16.3. The second-order valence-electron chi connectivity index (χ2n) is 4.81. The molecule has 0 saturated heterocycles. The van der Waals surface area contributed by atoms with Gasteiger partial charge in [0.2, 0.25) is 10.0 Å². The van der Waals surface area contributed by atoms with E-state index in [1.54, 1.807) is 47.9 Å². The van der Waals surface area contributed by atoms with Gasteiger partial charge in [-0.15, -0.1) is 11.3 Å². The number of halogens is 1. The van der Waals surface area contributed by atoms with Crippen molar-refractivity contribution in [2.75, 3.05) is 0 Å². The van der Waals surface area contributed by atoms with Gasteiger partial charge in [0.1, 0.15) is 0 Å². The highest BCUT2D eigenvalue weighted by Crippen LogP contribution is 2.23. The SMILES string of the molecule is O=S(=O)(NCc1ccnc(-c2cccs2)c1)c1ccc(Br)cc1.